The number of nitrogens with zero attached hydrogens (tertiary/aromatic N) is 2. The van der Waals surface area contributed by atoms with Crippen molar-refractivity contribution < 1.29 is 8.83 Å². The van der Waals surface area contributed by atoms with Crippen LogP contribution < -0.4 is 0 Å². The van der Waals surface area contributed by atoms with Crippen LogP contribution in [0, 0.1) is 0 Å². The third-order valence-electron chi connectivity index (χ3n) is 9.11. The quantitative estimate of drug-likeness (QED) is 0.193. The lowest BCUT2D eigenvalue weighted by Crippen LogP contribution is -1.88. The Labute approximate surface area is 263 Å². The lowest BCUT2D eigenvalue weighted by molar-refractivity contribution is 0.664. The van der Waals surface area contributed by atoms with Crippen LogP contribution in [0.5, 0.6) is 0 Å². The van der Waals surface area contributed by atoms with Gasteiger partial charge in [0.25, 0.3) is 0 Å². The minimum atomic E-state index is 0.854. The zero-order chi connectivity index (χ0) is 30.2. The molecule has 0 amide bonds. The van der Waals surface area contributed by atoms with Gasteiger partial charge >= 0.3 is 0 Å². The van der Waals surface area contributed by atoms with E-state index >= 15 is 0 Å². The van der Waals surface area contributed by atoms with Crippen LogP contribution >= 0.6 is 0 Å². The van der Waals surface area contributed by atoms with E-state index in [1.54, 1.807) is 0 Å². The smallest absolute Gasteiger partial charge is 0.136 e. The Kier molecular flexibility index (Phi) is 5.25. The lowest BCUT2D eigenvalue weighted by Gasteiger charge is -2.07. The van der Waals surface area contributed by atoms with E-state index in [1.807, 2.05) is 18.3 Å². The second-order valence-electron chi connectivity index (χ2n) is 11.8. The van der Waals surface area contributed by atoms with Crippen molar-refractivity contribution in [1.29, 1.82) is 0 Å². The van der Waals surface area contributed by atoms with Crippen LogP contribution in [0.25, 0.3) is 99.2 Å². The van der Waals surface area contributed by atoms with Gasteiger partial charge < -0.3 is 8.83 Å². The fourth-order valence-corrected chi connectivity index (χ4v) is 6.75. The molecule has 0 aliphatic rings. The van der Waals surface area contributed by atoms with Gasteiger partial charge in [-0.15, -0.1) is 0 Å². The molecule has 0 atom stereocenters. The van der Waals surface area contributed by atoms with Crippen molar-refractivity contribution in [2.75, 3.05) is 0 Å². The van der Waals surface area contributed by atoms with Crippen LogP contribution in [0.15, 0.2) is 155 Å². The van der Waals surface area contributed by atoms with Gasteiger partial charge in [0, 0.05) is 44.1 Å². The average Bonchev–Trinajstić information content (AvgIpc) is 3.67. The molecule has 4 heteroatoms. The Hall–Kier alpha value is -6.26. The average molecular weight is 589 g/mol. The van der Waals surface area contributed by atoms with Crippen molar-refractivity contribution in [2.45, 2.75) is 0 Å². The summed E-state index contributed by atoms with van der Waals surface area (Å²) < 4.78 is 12.7. The Bertz CT molecular complexity index is 2790. The van der Waals surface area contributed by atoms with Gasteiger partial charge in [-0.1, -0.05) is 91.0 Å². The number of furan rings is 2. The Morgan fingerprint density at radius 1 is 0.370 bits per heavy atom. The zero-order valence-corrected chi connectivity index (χ0v) is 24.6. The van der Waals surface area contributed by atoms with Crippen LogP contribution in [-0.4, -0.2) is 9.97 Å². The molecule has 6 aromatic carbocycles. The highest BCUT2D eigenvalue weighted by Crippen LogP contribution is 2.39. The van der Waals surface area contributed by atoms with Crippen LogP contribution in [0.3, 0.4) is 0 Å². The summed E-state index contributed by atoms with van der Waals surface area (Å²) in [4.78, 5) is 9.63. The molecular weight excluding hydrogens is 564 g/mol. The number of fused-ring (bicyclic) bond motifs is 9. The molecule has 0 radical (unpaired) electrons. The first-order chi connectivity index (χ1) is 22.7. The summed E-state index contributed by atoms with van der Waals surface area (Å²) in [7, 11) is 0. The standard InChI is InChI=1S/C42H24N2O2/c1-2-5-25(6-3-1)30-15-18-37-32(21-30)34-23-40-35(24-39(34)45-37)33-22-31(16-19-38(33)46-40)26-8-10-27(11-9-26)36-17-14-29-13-12-28-7-4-20-43-41(28)42(29)44-36/h1-24H. The SMILES string of the molecule is c1ccc(-c2ccc3oc4cc5c(cc4c3c2)oc2ccc(-c3ccc(-c4ccc6ccc7cccnc7c6n4)cc3)cc25)cc1. The summed E-state index contributed by atoms with van der Waals surface area (Å²) in [6, 6.07) is 48.5. The summed E-state index contributed by atoms with van der Waals surface area (Å²) >= 11 is 0. The number of aromatic nitrogens is 2. The number of rotatable bonds is 3. The molecule has 0 fully saturated rings. The minimum Gasteiger partial charge on any atom is -0.456 e. The highest BCUT2D eigenvalue weighted by Gasteiger charge is 2.15. The van der Waals surface area contributed by atoms with Crippen molar-refractivity contribution in [2.24, 2.45) is 0 Å². The molecule has 0 bridgehead atoms. The number of hydrogen-bond donors (Lipinski definition) is 0. The molecule has 0 spiro atoms. The third kappa shape index (κ3) is 3.87. The normalized spacial score (nSPS) is 11.9. The molecule has 0 saturated carbocycles. The van der Waals surface area contributed by atoms with Gasteiger partial charge in [-0.25, -0.2) is 4.98 Å². The van der Waals surface area contributed by atoms with Crippen molar-refractivity contribution in [3.8, 4) is 33.5 Å². The van der Waals surface area contributed by atoms with E-state index in [1.165, 1.54) is 5.56 Å². The summed E-state index contributed by atoms with van der Waals surface area (Å²) in [5.41, 5.74) is 11.9. The predicted molar refractivity (Wildman–Crippen MR) is 188 cm³/mol. The van der Waals surface area contributed by atoms with Gasteiger partial charge in [-0.2, -0.15) is 0 Å². The maximum atomic E-state index is 6.37. The number of hydrogen-bond acceptors (Lipinski definition) is 4. The van der Waals surface area contributed by atoms with Gasteiger partial charge in [0.1, 0.15) is 22.3 Å². The van der Waals surface area contributed by atoms with E-state index in [9.17, 15) is 0 Å². The monoisotopic (exact) mass is 588 g/mol. The van der Waals surface area contributed by atoms with Crippen LogP contribution in [-0.2, 0) is 0 Å². The van der Waals surface area contributed by atoms with Crippen molar-refractivity contribution in [1.82, 2.24) is 9.97 Å². The molecule has 46 heavy (non-hydrogen) atoms. The summed E-state index contributed by atoms with van der Waals surface area (Å²) in [5.74, 6) is 0. The molecule has 4 heterocycles. The van der Waals surface area contributed by atoms with Crippen LogP contribution in [0.1, 0.15) is 0 Å². The summed E-state index contributed by atoms with van der Waals surface area (Å²) in [6.45, 7) is 0. The molecule has 0 unspecified atom stereocenters. The van der Waals surface area contributed by atoms with Gasteiger partial charge in [0.05, 0.1) is 16.7 Å². The molecule has 214 valence electrons. The van der Waals surface area contributed by atoms with Crippen molar-refractivity contribution in [3.05, 3.63) is 146 Å². The fraction of sp³-hybridized carbons (Fsp3) is 0. The number of benzene rings is 6. The molecule has 0 aliphatic carbocycles. The Balaban J connectivity index is 1.03. The molecule has 10 aromatic rings. The first-order valence-electron chi connectivity index (χ1n) is 15.4. The molecular formula is C42H24N2O2. The molecule has 0 aliphatic heterocycles. The predicted octanol–water partition coefficient (Wildman–Crippen LogP) is 11.6. The van der Waals surface area contributed by atoms with E-state index in [0.717, 1.165) is 93.6 Å². The van der Waals surface area contributed by atoms with Gasteiger partial charge in [-0.05, 0) is 70.8 Å². The van der Waals surface area contributed by atoms with E-state index < -0.39 is 0 Å². The second-order valence-corrected chi connectivity index (χ2v) is 11.8. The molecule has 0 saturated heterocycles. The first kappa shape index (κ1) is 25.1. The van der Waals surface area contributed by atoms with Crippen molar-refractivity contribution >= 4 is 65.7 Å². The lowest BCUT2D eigenvalue weighted by atomic mass is 10.00. The van der Waals surface area contributed by atoms with E-state index in [2.05, 4.69) is 132 Å². The summed E-state index contributed by atoms with van der Waals surface area (Å²) in [5, 5.41) is 6.44. The molecule has 10 rings (SSSR count). The molecule has 4 nitrogen and oxygen atoms in total. The molecule has 0 N–H and O–H groups in total. The fourth-order valence-electron chi connectivity index (χ4n) is 6.75. The zero-order valence-electron chi connectivity index (χ0n) is 24.6. The Morgan fingerprint density at radius 3 is 1.59 bits per heavy atom. The summed E-state index contributed by atoms with van der Waals surface area (Å²) in [6.07, 6.45) is 1.83. The number of pyridine rings is 2. The largest absolute Gasteiger partial charge is 0.456 e. The Morgan fingerprint density at radius 2 is 0.913 bits per heavy atom. The molecule has 4 aromatic heterocycles. The maximum Gasteiger partial charge on any atom is 0.136 e. The van der Waals surface area contributed by atoms with Crippen LogP contribution in [0.2, 0.25) is 0 Å². The van der Waals surface area contributed by atoms with E-state index in [4.69, 9.17) is 13.8 Å². The van der Waals surface area contributed by atoms with Gasteiger partial charge in [-0.3, -0.25) is 4.98 Å². The topological polar surface area (TPSA) is 52.1 Å². The van der Waals surface area contributed by atoms with Gasteiger partial charge in [0.15, 0.2) is 0 Å². The highest BCUT2D eigenvalue weighted by atomic mass is 16.3. The highest BCUT2D eigenvalue weighted by molar-refractivity contribution is 6.15. The van der Waals surface area contributed by atoms with Gasteiger partial charge in [0.2, 0.25) is 0 Å². The first-order valence-corrected chi connectivity index (χ1v) is 15.4. The second kappa shape index (κ2) is 9.62. The maximum absolute atomic E-state index is 6.37. The minimum absolute atomic E-state index is 0.854. The van der Waals surface area contributed by atoms with E-state index in [0.29, 0.717) is 0 Å². The third-order valence-corrected chi connectivity index (χ3v) is 9.11. The van der Waals surface area contributed by atoms with Crippen molar-refractivity contribution in [3.63, 3.8) is 0 Å². The van der Waals surface area contributed by atoms with Crippen LogP contribution in [0.4, 0.5) is 0 Å². The van der Waals surface area contributed by atoms with E-state index in [-0.39, 0.29) is 0 Å².